The van der Waals surface area contributed by atoms with Gasteiger partial charge >= 0.3 is 5.63 Å². The Morgan fingerprint density at radius 1 is 0.879 bits per heavy atom. The molecule has 0 aliphatic carbocycles. The van der Waals surface area contributed by atoms with Gasteiger partial charge in [-0.15, -0.1) is 0 Å². The van der Waals surface area contributed by atoms with Crippen molar-refractivity contribution in [3.8, 4) is 5.75 Å². The van der Waals surface area contributed by atoms with Crippen molar-refractivity contribution in [3.63, 3.8) is 0 Å². The molecule has 6 N–H and O–H groups in total. The predicted molar refractivity (Wildman–Crippen MR) is 108 cm³/mol. The highest BCUT2D eigenvalue weighted by Gasteiger charge is 2.50. The second kappa shape index (κ2) is 9.62. The highest BCUT2D eigenvalue weighted by atomic mass is 16.8. The average molecular weight is 470 g/mol. The second-order valence-corrected chi connectivity index (χ2v) is 8.06. The number of hydrogen-bond acceptors (Lipinski definition) is 12. The lowest BCUT2D eigenvalue weighted by Gasteiger charge is -2.45. The summed E-state index contributed by atoms with van der Waals surface area (Å²) in [5.41, 5.74) is -0.337. The molecule has 2 saturated heterocycles. The Kier molecular flexibility index (Phi) is 7.00. The summed E-state index contributed by atoms with van der Waals surface area (Å²) in [6, 6.07) is 7.41. The molecule has 4 rings (SSSR count). The zero-order chi connectivity index (χ0) is 23.9. The summed E-state index contributed by atoms with van der Waals surface area (Å²) in [7, 11) is 0. The van der Waals surface area contributed by atoms with E-state index >= 15 is 0 Å². The zero-order valence-corrected chi connectivity index (χ0v) is 17.5. The van der Waals surface area contributed by atoms with Crippen LogP contribution in [0.1, 0.15) is 6.92 Å². The standard InChI is InChI=1S/C21H26O12/c1-8-14(24)16(26)18(28)20(29-8)33-19-17(27)15(25)12(7-22)32-21(19)30-10-4-2-9-3-5-13(23)31-11(9)6-10/h2-6,8,12,14-22,24-28H,7H2,1H3/t8-,12-,14-,15+,16-,17+,18-,19-,20-,21-/m0/s1. The molecule has 0 saturated carbocycles. The van der Waals surface area contributed by atoms with Crippen molar-refractivity contribution in [2.75, 3.05) is 6.61 Å². The first kappa shape index (κ1) is 24.0. The van der Waals surface area contributed by atoms with Crippen molar-refractivity contribution < 1.29 is 54.0 Å². The number of hydrogen-bond donors (Lipinski definition) is 6. The van der Waals surface area contributed by atoms with Crippen LogP contribution in [0.5, 0.6) is 5.75 Å². The van der Waals surface area contributed by atoms with Crippen LogP contribution in [0.2, 0.25) is 0 Å². The summed E-state index contributed by atoms with van der Waals surface area (Å²) in [4.78, 5) is 11.5. The molecule has 33 heavy (non-hydrogen) atoms. The Bertz CT molecular complexity index is 1010. The van der Waals surface area contributed by atoms with E-state index in [2.05, 4.69) is 0 Å². The van der Waals surface area contributed by atoms with Crippen LogP contribution in [0.15, 0.2) is 39.5 Å². The van der Waals surface area contributed by atoms with Gasteiger partial charge in [0.05, 0.1) is 12.7 Å². The SMILES string of the molecule is C[C@@H]1O[C@@H](O[C@@H]2[C@@H](Oc3ccc4ccc(=O)oc4c3)O[C@@H](CO)[C@@H](O)[C@H]2O)[C@@H](O)[C@@H](O)[C@H]1O. The molecule has 0 bridgehead atoms. The van der Waals surface area contributed by atoms with Gasteiger partial charge in [-0.3, -0.25) is 0 Å². The topological polar surface area (TPSA) is 189 Å². The third kappa shape index (κ3) is 4.75. The highest BCUT2D eigenvalue weighted by Crippen LogP contribution is 2.31. The highest BCUT2D eigenvalue weighted by molar-refractivity contribution is 5.77. The molecule has 0 spiro atoms. The maximum atomic E-state index is 11.5. The summed E-state index contributed by atoms with van der Waals surface area (Å²) >= 11 is 0. The van der Waals surface area contributed by atoms with E-state index in [0.717, 1.165) is 0 Å². The molecule has 2 aromatic rings. The molecule has 0 unspecified atom stereocenters. The summed E-state index contributed by atoms with van der Waals surface area (Å²) in [5, 5.41) is 61.2. The Morgan fingerprint density at radius 3 is 2.33 bits per heavy atom. The normalized spacial score (nSPS) is 39.5. The van der Waals surface area contributed by atoms with Crippen molar-refractivity contribution in [3.05, 3.63) is 40.8 Å². The second-order valence-electron chi connectivity index (χ2n) is 8.06. The van der Waals surface area contributed by atoms with Crippen LogP contribution in [-0.4, -0.2) is 98.7 Å². The van der Waals surface area contributed by atoms with Gasteiger partial charge < -0.3 is 54.0 Å². The lowest BCUT2D eigenvalue weighted by atomic mass is 9.97. The van der Waals surface area contributed by atoms with Crippen LogP contribution in [0, 0.1) is 0 Å². The van der Waals surface area contributed by atoms with Crippen molar-refractivity contribution in [1.82, 2.24) is 0 Å². The first-order valence-corrected chi connectivity index (χ1v) is 10.4. The molecule has 1 aromatic carbocycles. The van der Waals surface area contributed by atoms with E-state index in [4.69, 9.17) is 23.4 Å². The van der Waals surface area contributed by atoms with E-state index in [1.807, 2.05) is 0 Å². The van der Waals surface area contributed by atoms with Gasteiger partial charge in [-0.1, -0.05) is 0 Å². The molecule has 0 amide bonds. The Hall–Kier alpha value is -2.13. The van der Waals surface area contributed by atoms with E-state index in [9.17, 15) is 35.4 Å². The van der Waals surface area contributed by atoms with Crippen LogP contribution in [0.3, 0.4) is 0 Å². The van der Waals surface area contributed by atoms with Gasteiger partial charge in [-0.2, -0.15) is 0 Å². The summed E-state index contributed by atoms with van der Waals surface area (Å²) in [6.07, 6.45) is -14.3. The van der Waals surface area contributed by atoms with Crippen LogP contribution < -0.4 is 10.4 Å². The fourth-order valence-corrected chi connectivity index (χ4v) is 3.83. The van der Waals surface area contributed by atoms with Gasteiger partial charge in [0.2, 0.25) is 6.29 Å². The molecule has 10 atom stereocenters. The van der Waals surface area contributed by atoms with E-state index in [1.165, 1.54) is 19.1 Å². The van der Waals surface area contributed by atoms with E-state index < -0.39 is 73.6 Å². The quantitative estimate of drug-likeness (QED) is 0.260. The molecule has 12 heteroatoms. The summed E-state index contributed by atoms with van der Waals surface area (Å²) < 4.78 is 27.5. The third-order valence-corrected chi connectivity index (χ3v) is 5.77. The monoisotopic (exact) mass is 470 g/mol. The molecular formula is C21H26O12. The van der Waals surface area contributed by atoms with Crippen molar-refractivity contribution in [2.24, 2.45) is 0 Å². The van der Waals surface area contributed by atoms with E-state index in [0.29, 0.717) is 5.39 Å². The lowest BCUT2D eigenvalue weighted by Crippen LogP contribution is -2.64. The van der Waals surface area contributed by atoms with Crippen LogP contribution in [-0.2, 0) is 14.2 Å². The molecule has 182 valence electrons. The molecule has 3 heterocycles. The molecule has 2 aliphatic rings. The molecule has 2 aliphatic heterocycles. The van der Waals surface area contributed by atoms with Crippen LogP contribution in [0.25, 0.3) is 11.0 Å². The number of ether oxygens (including phenoxy) is 4. The first-order chi connectivity index (χ1) is 15.7. The number of rotatable bonds is 5. The fraction of sp³-hybridized carbons (Fsp3) is 0.571. The Morgan fingerprint density at radius 2 is 1.61 bits per heavy atom. The maximum absolute atomic E-state index is 11.5. The van der Waals surface area contributed by atoms with Gasteiger partial charge in [0.15, 0.2) is 12.4 Å². The molecule has 1 aromatic heterocycles. The first-order valence-electron chi connectivity index (χ1n) is 10.4. The van der Waals surface area contributed by atoms with Crippen LogP contribution in [0.4, 0.5) is 0 Å². The van der Waals surface area contributed by atoms with Crippen molar-refractivity contribution in [2.45, 2.75) is 68.3 Å². The predicted octanol–water partition coefficient (Wildman–Crippen LogP) is -2.18. The van der Waals surface area contributed by atoms with Gasteiger partial charge in [0.1, 0.15) is 48.0 Å². The lowest BCUT2D eigenvalue weighted by molar-refractivity contribution is -0.354. The van der Waals surface area contributed by atoms with Crippen molar-refractivity contribution in [1.29, 1.82) is 0 Å². The minimum absolute atomic E-state index is 0.157. The van der Waals surface area contributed by atoms with Gasteiger partial charge in [0.25, 0.3) is 0 Å². The Labute approximate surface area is 187 Å². The Balaban J connectivity index is 1.60. The average Bonchev–Trinajstić information content (AvgIpc) is 2.80. The molecule has 12 nitrogen and oxygen atoms in total. The van der Waals surface area contributed by atoms with E-state index in [1.54, 1.807) is 18.2 Å². The summed E-state index contributed by atoms with van der Waals surface area (Å²) in [6.45, 7) is 0.819. The smallest absolute Gasteiger partial charge is 0.336 e. The zero-order valence-electron chi connectivity index (χ0n) is 17.5. The number of aliphatic hydroxyl groups excluding tert-OH is 6. The third-order valence-electron chi connectivity index (χ3n) is 5.77. The minimum atomic E-state index is -1.67. The van der Waals surface area contributed by atoms with Gasteiger partial charge in [0, 0.05) is 17.5 Å². The minimum Gasteiger partial charge on any atom is -0.462 e. The fourth-order valence-electron chi connectivity index (χ4n) is 3.83. The molecular weight excluding hydrogens is 444 g/mol. The number of benzene rings is 1. The van der Waals surface area contributed by atoms with Gasteiger partial charge in [-0.25, -0.2) is 4.79 Å². The van der Waals surface area contributed by atoms with Crippen molar-refractivity contribution >= 4 is 11.0 Å². The maximum Gasteiger partial charge on any atom is 0.336 e. The molecule has 0 radical (unpaired) electrons. The van der Waals surface area contributed by atoms with Crippen LogP contribution >= 0.6 is 0 Å². The summed E-state index contributed by atoms with van der Waals surface area (Å²) in [5.74, 6) is 0.157. The largest absolute Gasteiger partial charge is 0.462 e. The number of fused-ring (bicyclic) bond motifs is 1. The van der Waals surface area contributed by atoms with E-state index in [-0.39, 0.29) is 11.3 Å². The number of aliphatic hydroxyl groups is 6. The molecule has 2 fully saturated rings. The van der Waals surface area contributed by atoms with Gasteiger partial charge in [-0.05, 0) is 25.1 Å².